The molecule has 2 saturated heterocycles. The zero-order chi connectivity index (χ0) is 6.27. The first kappa shape index (κ1) is 8.02. The molecule has 0 saturated carbocycles. The van der Waals surface area contributed by atoms with Gasteiger partial charge in [0.2, 0.25) is 0 Å². The van der Waals surface area contributed by atoms with Crippen LogP contribution in [0.3, 0.4) is 0 Å². The Kier molecular flexibility index (Phi) is 2.32. The van der Waals surface area contributed by atoms with Crippen LogP contribution in [-0.4, -0.2) is 17.9 Å². The van der Waals surface area contributed by atoms with Crippen molar-refractivity contribution in [1.82, 2.24) is 5.32 Å². The molecule has 2 heterocycles. The number of nitrogens with one attached hydrogen (secondary N) is 1. The zero-order valence-electron chi connectivity index (χ0n) is 5.80. The van der Waals surface area contributed by atoms with E-state index in [9.17, 15) is 4.79 Å². The molecule has 58 valence electrons. The quantitative estimate of drug-likeness (QED) is 0.572. The highest BCUT2D eigenvalue weighted by atomic mass is 35.5. The van der Waals surface area contributed by atoms with Crippen LogP contribution in [0, 0.1) is 0 Å². The van der Waals surface area contributed by atoms with Crippen LogP contribution in [0.15, 0.2) is 0 Å². The summed E-state index contributed by atoms with van der Waals surface area (Å²) in [4.78, 5) is 11.0. The van der Waals surface area contributed by atoms with Crippen molar-refractivity contribution in [2.24, 2.45) is 0 Å². The molecule has 1 N–H and O–H groups in total. The van der Waals surface area contributed by atoms with E-state index in [-0.39, 0.29) is 18.4 Å². The van der Waals surface area contributed by atoms with Gasteiger partial charge in [0.25, 0.3) is 0 Å². The van der Waals surface area contributed by atoms with Crippen LogP contribution in [0.2, 0.25) is 0 Å². The molecule has 0 aliphatic carbocycles. The minimum atomic E-state index is 0. The Labute approximate surface area is 66.8 Å². The van der Waals surface area contributed by atoms with Crippen molar-refractivity contribution in [3.63, 3.8) is 0 Å². The predicted molar refractivity (Wildman–Crippen MR) is 41.4 cm³/mol. The van der Waals surface area contributed by atoms with E-state index in [1.807, 2.05) is 0 Å². The summed E-state index contributed by atoms with van der Waals surface area (Å²) < 4.78 is 0. The van der Waals surface area contributed by atoms with E-state index in [0.717, 1.165) is 19.3 Å². The van der Waals surface area contributed by atoms with Crippen LogP contribution in [-0.2, 0) is 4.79 Å². The molecule has 0 radical (unpaired) electrons. The van der Waals surface area contributed by atoms with Gasteiger partial charge in [-0.3, -0.25) is 4.79 Å². The van der Waals surface area contributed by atoms with Gasteiger partial charge in [-0.15, -0.1) is 12.4 Å². The van der Waals surface area contributed by atoms with Crippen molar-refractivity contribution in [1.29, 1.82) is 0 Å². The number of carbonyl (C=O) groups excluding carboxylic acids is 1. The van der Waals surface area contributed by atoms with E-state index >= 15 is 0 Å². The highest BCUT2D eigenvalue weighted by Gasteiger charge is 2.33. The van der Waals surface area contributed by atoms with Gasteiger partial charge in [0, 0.05) is 12.5 Å². The minimum Gasteiger partial charge on any atom is -0.305 e. The van der Waals surface area contributed by atoms with Gasteiger partial charge in [-0.25, -0.2) is 0 Å². The molecule has 0 aromatic rings. The highest BCUT2D eigenvalue weighted by molar-refractivity contribution is 5.85. The Morgan fingerprint density at radius 1 is 1.30 bits per heavy atom. The standard InChI is InChI=1S/C7H11NO.ClH/c9-7-4-2-5-1-3-6(7)8-5;/h5-6,8H,1-4H2;1H. The van der Waals surface area contributed by atoms with Crippen LogP contribution in [0.1, 0.15) is 25.7 Å². The largest absolute Gasteiger partial charge is 0.305 e. The Morgan fingerprint density at radius 3 is 2.80 bits per heavy atom. The number of hydrogen-bond acceptors (Lipinski definition) is 2. The first-order valence-electron chi connectivity index (χ1n) is 3.65. The molecule has 0 aromatic carbocycles. The number of halogens is 1. The molecule has 2 atom stereocenters. The van der Waals surface area contributed by atoms with Gasteiger partial charge in [0.05, 0.1) is 6.04 Å². The number of rotatable bonds is 0. The number of piperidine rings is 1. The summed E-state index contributed by atoms with van der Waals surface area (Å²) in [5.74, 6) is 0.434. The summed E-state index contributed by atoms with van der Waals surface area (Å²) in [7, 11) is 0. The molecular formula is C7H12ClNO. The molecule has 3 heteroatoms. The van der Waals surface area contributed by atoms with Crippen LogP contribution in [0.4, 0.5) is 0 Å². The summed E-state index contributed by atoms with van der Waals surface area (Å²) in [5, 5.41) is 3.29. The lowest BCUT2D eigenvalue weighted by molar-refractivity contribution is -0.121. The first-order chi connectivity index (χ1) is 4.36. The first-order valence-corrected chi connectivity index (χ1v) is 3.65. The SMILES string of the molecule is Cl.O=C1CCC2CCC1N2. The second-order valence-electron chi connectivity index (χ2n) is 3.00. The highest BCUT2D eigenvalue weighted by Crippen LogP contribution is 2.23. The lowest BCUT2D eigenvalue weighted by atomic mass is 10.1. The Balaban J connectivity index is 0.000000500. The monoisotopic (exact) mass is 161 g/mol. The third-order valence-electron chi connectivity index (χ3n) is 2.37. The number of Topliss-reactive ketones (excluding diaryl/α,β-unsaturated/α-hetero) is 1. The molecule has 0 aromatic heterocycles. The van der Waals surface area contributed by atoms with E-state index in [1.165, 1.54) is 6.42 Å². The smallest absolute Gasteiger partial charge is 0.149 e. The van der Waals surface area contributed by atoms with Crippen LogP contribution < -0.4 is 5.32 Å². The molecule has 2 aliphatic rings. The third kappa shape index (κ3) is 1.18. The number of fused-ring (bicyclic) bond motifs is 2. The van der Waals surface area contributed by atoms with E-state index in [4.69, 9.17) is 0 Å². The lowest BCUT2D eigenvalue weighted by Crippen LogP contribution is -2.40. The van der Waals surface area contributed by atoms with Gasteiger partial charge >= 0.3 is 0 Å². The average Bonchev–Trinajstić information content (AvgIpc) is 2.25. The van der Waals surface area contributed by atoms with Gasteiger partial charge in [0.15, 0.2) is 0 Å². The molecule has 2 aliphatic heterocycles. The second-order valence-corrected chi connectivity index (χ2v) is 3.00. The molecule has 0 amide bonds. The minimum absolute atomic E-state index is 0. The maximum absolute atomic E-state index is 11.0. The van der Waals surface area contributed by atoms with Crippen molar-refractivity contribution >= 4 is 18.2 Å². The molecule has 10 heavy (non-hydrogen) atoms. The molecule has 0 spiro atoms. The number of hydrogen-bond donors (Lipinski definition) is 1. The van der Waals surface area contributed by atoms with E-state index in [1.54, 1.807) is 0 Å². The van der Waals surface area contributed by atoms with Gasteiger partial charge in [0.1, 0.15) is 5.78 Å². The molecule has 2 rings (SSSR count). The van der Waals surface area contributed by atoms with Crippen molar-refractivity contribution in [2.45, 2.75) is 37.8 Å². The molecule has 2 nitrogen and oxygen atoms in total. The fraction of sp³-hybridized carbons (Fsp3) is 0.857. The molecule has 2 unspecified atom stereocenters. The topological polar surface area (TPSA) is 29.1 Å². The summed E-state index contributed by atoms with van der Waals surface area (Å²) >= 11 is 0. The molecule has 2 fully saturated rings. The number of carbonyl (C=O) groups is 1. The summed E-state index contributed by atoms with van der Waals surface area (Å²) in [5.41, 5.74) is 0. The zero-order valence-corrected chi connectivity index (χ0v) is 6.62. The maximum Gasteiger partial charge on any atom is 0.149 e. The lowest BCUT2D eigenvalue weighted by Gasteiger charge is -2.18. The van der Waals surface area contributed by atoms with E-state index in [2.05, 4.69) is 5.32 Å². The van der Waals surface area contributed by atoms with Crippen LogP contribution >= 0.6 is 12.4 Å². The Bertz CT molecular complexity index is 149. The third-order valence-corrected chi connectivity index (χ3v) is 2.37. The average molecular weight is 162 g/mol. The van der Waals surface area contributed by atoms with E-state index in [0.29, 0.717) is 11.8 Å². The Morgan fingerprint density at radius 2 is 2.10 bits per heavy atom. The molecular weight excluding hydrogens is 150 g/mol. The summed E-state index contributed by atoms with van der Waals surface area (Å²) in [6, 6.07) is 0.913. The fourth-order valence-electron chi connectivity index (χ4n) is 1.79. The van der Waals surface area contributed by atoms with Crippen molar-refractivity contribution in [3.8, 4) is 0 Å². The van der Waals surface area contributed by atoms with Crippen molar-refractivity contribution in [3.05, 3.63) is 0 Å². The normalized spacial score (nSPS) is 37.4. The summed E-state index contributed by atoms with van der Waals surface area (Å²) in [6.45, 7) is 0. The van der Waals surface area contributed by atoms with Gasteiger partial charge in [-0.1, -0.05) is 0 Å². The number of ketones is 1. The second kappa shape index (κ2) is 2.89. The Hall–Kier alpha value is -0.0800. The summed E-state index contributed by atoms with van der Waals surface area (Å²) in [6.07, 6.45) is 4.21. The fourth-order valence-corrected chi connectivity index (χ4v) is 1.79. The van der Waals surface area contributed by atoms with Gasteiger partial charge in [-0.2, -0.15) is 0 Å². The van der Waals surface area contributed by atoms with Crippen LogP contribution in [0.5, 0.6) is 0 Å². The van der Waals surface area contributed by atoms with Crippen molar-refractivity contribution in [2.75, 3.05) is 0 Å². The van der Waals surface area contributed by atoms with Crippen LogP contribution in [0.25, 0.3) is 0 Å². The van der Waals surface area contributed by atoms with E-state index < -0.39 is 0 Å². The maximum atomic E-state index is 11.0. The van der Waals surface area contributed by atoms with Gasteiger partial charge < -0.3 is 5.32 Å². The predicted octanol–water partition coefficient (Wildman–Crippen LogP) is 0.892. The molecule has 2 bridgehead atoms. The van der Waals surface area contributed by atoms with Gasteiger partial charge in [-0.05, 0) is 19.3 Å². The van der Waals surface area contributed by atoms with Crippen molar-refractivity contribution < 1.29 is 4.79 Å².